The van der Waals surface area contributed by atoms with Crippen LogP contribution in [0.15, 0.2) is 36.4 Å². The monoisotopic (exact) mass is 424 g/mol. The number of halogens is 3. The van der Waals surface area contributed by atoms with Gasteiger partial charge < -0.3 is 24.0 Å². The standard InChI is InChI=1S/C21H23F3N2O4/c1-28-17-13-19(30-3)18(29-2)12-16(17)20(27)26-9-7-25(8-10-26)15-6-4-5-14(11-15)21(22,23)24/h4-6,11-13H,7-10H2,1-3H3. The predicted molar refractivity (Wildman–Crippen MR) is 106 cm³/mol. The Bertz CT molecular complexity index is 910. The smallest absolute Gasteiger partial charge is 0.416 e. The fraction of sp³-hybridized carbons (Fsp3) is 0.381. The van der Waals surface area contributed by atoms with E-state index in [1.54, 1.807) is 23.1 Å². The van der Waals surface area contributed by atoms with Crippen molar-refractivity contribution in [2.45, 2.75) is 6.18 Å². The van der Waals surface area contributed by atoms with E-state index in [4.69, 9.17) is 14.2 Å². The number of carbonyl (C=O) groups excluding carboxylic acids is 1. The van der Waals surface area contributed by atoms with Crippen molar-refractivity contribution in [2.24, 2.45) is 0 Å². The maximum atomic E-state index is 13.1. The number of amides is 1. The van der Waals surface area contributed by atoms with E-state index in [0.29, 0.717) is 54.7 Å². The van der Waals surface area contributed by atoms with Crippen molar-refractivity contribution in [1.29, 1.82) is 0 Å². The largest absolute Gasteiger partial charge is 0.496 e. The van der Waals surface area contributed by atoms with E-state index in [1.165, 1.54) is 27.4 Å². The van der Waals surface area contributed by atoms with E-state index >= 15 is 0 Å². The Morgan fingerprint density at radius 2 is 1.47 bits per heavy atom. The number of nitrogens with zero attached hydrogens (tertiary/aromatic N) is 2. The van der Waals surface area contributed by atoms with Gasteiger partial charge in [-0.3, -0.25) is 4.79 Å². The van der Waals surface area contributed by atoms with Gasteiger partial charge in [0.1, 0.15) is 5.75 Å². The second-order valence-corrected chi connectivity index (χ2v) is 6.73. The quantitative estimate of drug-likeness (QED) is 0.733. The van der Waals surface area contributed by atoms with Crippen LogP contribution in [0.2, 0.25) is 0 Å². The Kier molecular flexibility index (Phi) is 6.28. The van der Waals surface area contributed by atoms with Crippen LogP contribution in [0.5, 0.6) is 17.2 Å². The summed E-state index contributed by atoms with van der Waals surface area (Å²) in [5, 5.41) is 0. The Morgan fingerprint density at radius 1 is 0.867 bits per heavy atom. The Labute approximate surface area is 172 Å². The second kappa shape index (κ2) is 8.73. The molecule has 30 heavy (non-hydrogen) atoms. The average Bonchev–Trinajstić information content (AvgIpc) is 2.77. The number of methoxy groups -OCH3 is 3. The minimum Gasteiger partial charge on any atom is -0.496 e. The number of piperazine rings is 1. The number of benzene rings is 2. The molecule has 1 heterocycles. The molecule has 0 unspecified atom stereocenters. The molecular weight excluding hydrogens is 401 g/mol. The molecule has 0 spiro atoms. The summed E-state index contributed by atoms with van der Waals surface area (Å²) in [6.07, 6.45) is -4.39. The summed E-state index contributed by atoms with van der Waals surface area (Å²) in [7, 11) is 4.43. The van der Waals surface area contributed by atoms with Crippen molar-refractivity contribution in [3.8, 4) is 17.2 Å². The Balaban J connectivity index is 1.75. The van der Waals surface area contributed by atoms with Gasteiger partial charge in [0, 0.05) is 44.0 Å². The number of anilines is 1. The molecule has 0 atom stereocenters. The van der Waals surface area contributed by atoms with Gasteiger partial charge in [0.25, 0.3) is 5.91 Å². The van der Waals surface area contributed by atoms with E-state index in [-0.39, 0.29) is 5.91 Å². The van der Waals surface area contributed by atoms with Crippen LogP contribution in [0.25, 0.3) is 0 Å². The highest BCUT2D eigenvalue weighted by Crippen LogP contribution is 2.36. The number of ether oxygens (including phenoxy) is 3. The lowest BCUT2D eigenvalue weighted by atomic mass is 10.1. The van der Waals surface area contributed by atoms with Crippen LogP contribution in [-0.2, 0) is 6.18 Å². The van der Waals surface area contributed by atoms with Crippen LogP contribution in [0.1, 0.15) is 15.9 Å². The molecule has 162 valence electrons. The Hall–Kier alpha value is -3.10. The lowest BCUT2D eigenvalue weighted by Crippen LogP contribution is -2.48. The molecule has 0 N–H and O–H groups in total. The van der Waals surface area contributed by atoms with Crippen LogP contribution < -0.4 is 19.1 Å². The van der Waals surface area contributed by atoms with E-state index in [1.807, 2.05) is 4.90 Å². The predicted octanol–water partition coefficient (Wildman–Crippen LogP) is 3.69. The summed E-state index contributed by atoms with van der Waals surface area (Å²) in [4.78, 5) is 16.5. The van der Waals surface area contributed by atoms with Crippen molar-refractivity contribution in [3.05, 3.63) is 47.5 Å². The number of alkyl halides is 3. The van der Waals surface area contributed by atoms with Gasteiger partial charge in [0.2, 0.25) is 0 Å². The van der Waals surface area contributed by atoms with Crippen LogP contribution in [0, 0.1) is 0 Å². The van der Waals surface area contributed by atoms with Gasteiger partial charge >= 0.3 is 6.18 Å². The molecule has 0 aromatic heterocycles. The molecule has 1 aliphatic heterocycles. The van der Waals surface area contributed by atoms with E-state index in [0.717, 1.165) is 12.1 Å². The zero-order chi connectivity index (χ0) is 21.9. The number of rotatable bonds is 5. The maximum absolute atomic E-state index is 13.1. The van der Waals surface area contributed by atoms with Gasteiger partial charge in [-0.1, -0.05) is 6.07 Å². The van der Waals surface area contributed by atoms with Gasteiger partial charge in [0.05, 0.1) is 32.5 Å². The molecule has 1 saturated heterocycles. The van der Waals surface area contributed by atoms with Gasteiger partial charge in [-0.25, -0.2) is 0 Å². The van der Waals surface area contributed by atoms with Crippen LogP contribution in [0.3, 0.4) is 0 Å². The zero-order valence-corrected chi connectivity index (χ0v) is 17.0. The van der Waals surface area contributed by atoms with Crippen LogP contribution in [-0.4, -0.2) is 58.3 Å². The van der Waals surface area contributed by atoms with Crippen molar-refractivity contribution in [3.63, 3.8) is 0 Å². The minimum absolute atomic E-state index is 0.239. The SMILES string of the molecule is COc1cc(OC)c(C(=O)N2CCN(c3cccc(C(F)(F)F)c3)CC2)cc1OC. The molecular formula is C21H23F3N2O4. The average molecular weight is 424 g/mol. The van der Waals surface area contributed by atoms with Crippen LogP contribution >= 0.6 is 0 Å². The first kappa shape index (κ1) is 21.6. The topological polar surface area (TPSA) is 51.2 Å². The number of hydrogen-bond acceptors (Lipinski definition) is 5. The van der Waals surface area contributed by atoms with Gasteiger partial charge in [-0.2, -0.15) is 13.2 Å². The molecule has 0 saturated carbocycles. The molecule has 3 rings (SSSR count). The zero-order valence-electron chi connectivity index (χ0n) is 17.0. The van der Waals surface area contributed by atoms with Crippen molar-refractivity contribution in [1.82, 2.24) is 4.90 Å². The highest BCUT2D eigenvalue weighted by atomic mass is 19.4. The van der Waals surface area contributed by atoms with Gasteiger partial charge in [0.15, 0.2) is 11.5 Å². The molecule has 0 bridgehead atoms. The number of carbonyl (C=O) groups is 1. The van der Waals surface area contributed by atoms with E-state index in [2.05, 4.69) is 0 Å². The highest BCUT2D eigenvalue weighted by molar-refractivity contribution is 5.98. The summed E-state index contributed by atoms with van der Waals surface area (Å²) in [6, 6.07) is 8.37. The molecule has 1 fully saturated rings. The number of hydrogen-bond donors (Lipinski definition) is 0. The third-order valence-corrected chi connectivity index (χ3v) is 5.04. The Morgan fingerprint density at radius 3 is 2.03 bits per heavy atom. The van der Waals surface area contributed by atoms with Crippen molar-refractivity contribution >= 4 is 11.6 Å². The third-order valence-electron chi connectivity index (χ3n) is 5.04. The summed E-state index contributed by atoms with van der Waals surface area (Å²) in [5.41, 5.74) is 0.136. The third kappa shape index (κ3) is 4.39. The molecule has 1 amide bonds. The molecule has 1 aliphatic rings. The van der Waals surface area contributed by atoms with Crippen LogP contribution in [0.4, 0.5) is 18.9 Å². The van der Waals surface area contributed by atoms with E-state index in [9.17, 15) is 18.0 Å². The summed E-state index contributed by atoms with van der Waals surface area (Å²) < 4.78 is 54.8. The van der Waals surface area contributed by atoms with Gasteiger partial charge in [-0.05, 0) is 18.2 Å². The molecule has 2 aromatic carbocycles. The second-order valence-electron chi connectivity index (χ2n) is 6.73. The molecule has 0 aliphatic carbocycles. The lowest BCUT2D eigenvalue weighted by Gasteiger charge is -2.36. The van der Waals surface area contributed by atoms with Crippen molar-refractivity contribution in [2.75, 3.05) is 52.4 Å². The van der Waals surface area contributed by atoms with Crippen molar-refractivity contribution < 1.29 is 32.2 Å². The fourth-order valence-corrected chi connectivity index (χ4v) is 3.41. The summed E-state index contributed by atoms with van der Waals surface area (Å²) in [6.45, 7) is 1.57. The lowest BCUT2D eigenvalue weighted by molar-refractivity contribution is -0.137. The molecule has 9 heteroatoms. The minimum atomic E-state index is -4.39. The molecule has 0 radical (unpaired) electrons. The summed E-state index contributed by atoms with van der Waals surface area (Å²) >= 11 is 0. The molecule has 2 aromatic rings. The first-order valence-electron chi connectivity index (χ1n) is 9.30. The van der Waals surface area contributed by atoms with E-state index < -0.39 is 11.7 Å². The first-order valence-corrected chi connectivity index (χ1v) is 9.30. The first-order chi connectivity index (χ1) is 14.3. The van der Waals surface area contributed by atoms with Gasteiger partial charge in [-0.15, -0.1) is 0 Å². The molecule has 6 nitrogen and oxygen atoms in total. The highest BCUT2D eigenvalue weighted by Gasteiger charge is 2.31. The fourth-order valence-electron chi connectivity index (χ4n) is 3.41. The maximum Gasteiger partial charge on any atom is 0.416 e. The normalized spacial score (nSPS) is 14.5. The summed E-state index contributed by atoms with van der Waals surface area (Å²) in [5.74, 6) is 0.971.